The van der Waals surface area contributed by atoms with Gasteiger partial charge < -0.3 is 0 Å². The molecule has 0 aliphatic heterocycles. The minimum atomic E-state index is 0.438. The zero-order valence-corrected chi connectivity index (χ0v) is 21.8. The third-order valence-electron chi connectivity index (χ3n) is 6.25. The molecule has 1 nitrogen and oxygen atoms in total. The number of carbonyl (C=O) groups is 1. The van der Waals surface area contributed by atoms with Crippen molar-refractivity contribution >= 4 is 16.9 Å². The van der Waals surface area contributed by atoms with Crippen LogP contribution in [0.15, 0.2) is 0 Å². The predicted octanol–water partition coefficient (Wildman–Crippen LogP) is 10.6. The van der Waals surface area contributed by atoms with Gasteiger partial charge in [0, 0.05) is 12.2 Å². The quantitative estimate of drug-likeness (QED) is 0.131. The fraction of sp³-hybridized carbons (Fsp3) is 0.964. The monoisotopic (exact) mass is 440 g/mol. The molecule has 0 aromatic rings. The smallest absolute Gasteiger partial charge is 0.188 e. The highest BCUT2D eigenvalue weighted by Gasteiger charge is 2.02. The van der Waals surface area contributed by atoms with Crippen LogP contribution < -0.4 is 0 Å². The van der Waals surface area contributed by atoms with E-state index < -0.39 is 0 Å². The molecule has 180 valence electrons. The van der Waals surface area contributed by atoms with E-state index >= 15 is 0 Å². The Kier molecular flexibility index (Phi) is 27.1. The standard InChI is InChI=1S/C28H56OS/c1-3-5-7-9-11-13-14-15-16-17-18-19-20-22-24-26-28(29)30-27-25-23-21-12-10-8-6-4-2/h3-27H2,1-2H3. The molecule has 0 saturated heterocycles. The highest BCUT2D eigenvalue weighted by Crippen LogP contribution is 2.16. The first kappa shape index (κ1) is 30.0. The molecule has 0 radical (unpaired) electrons. The molecule has 0 saturated carbocycles. The number of unbranched alkanes of at least 4 members (excludes halogenated alkanes) is 21. The molecular formula is C28H56OS. The molecule has 30 heavy (non-hydrogen) atoms. The van der Waals surface area contributed by atoms with E-state index in [0.717, 1.165) is 18.6 Å². The van der Waals surface area contributed by atoms with E-state index in [4.69, 9.17) is 0 Å². The van der Waals surface area contributed by atoms with Crippen LogP contribution in [0.2, 0.25) is 0 Å². The summed E-state index contributed by atoms with van der Waals surface area (Å²) in [6.07, 6.45) is 32.4. The van der Waals surface area contributed by atoms with Gasteiger partial charge in [-0.1, -0.05) is 160 Å². The summed E-state index contributed by atoms with van der Waals surface area (Å²) in [5, 5.41) is 0.438. The minimum Gasteiger partial charge on any atom is -0.287 e. The zero-order chi connectivity index (χ0) is 22.0. The second-order valence-electron chi connectivity index (χ2n) is 9.40. The van der Waals surface area contributed by atoms with Crippen LogP contribution in [0.5, 0.6) is 0 Å². The highest BCUT2D eigenvalue weighted by molar-refractivity contribution is 8.13. The van der Waals surface area contributed by atoms with E-state index in [1.807, 2.05) is 0 Å². The molecule has 0 unspecified atom stereocenters. The predicted molar refractivity (Wildman–Crippen MR) is 140 cm³/mol. The van der Waals surface area contributed by atoms with E-state index in [1.54, 1.807) is 11.8 Å². The zero-order valence-electron chi connectivity index (χ0n) is 21.0. The molecule has 0 spiro atoms. The van der Waals surface area contributed by atoms with Gasteiger partial charge in [-0.15, -0.1) is 0 Å². The highest BCUT2D eigenvalue weighted by atomic mass is 32.2. The molecule has 0 atom stereocenters. The van der Waals surface area contributed by atoms with Crippen molar-refractivity contribution in [2.75, 3.05) is 5.75 Å². The Labute approximate surface area is 195 Å². The van der Waals surface area contributed by atoms with Gasteiger partial charge >= 0.3 is 0 Å². The van der Waals surface area contributed by atoms with Crippen molar-refractivity contribution in [3.63, 3.8) is 0 Å². The van der Waals surface area contributed by atoms with Crippen LogP contribution in [-0.2, 0) is 4.79 Å². The molecule has 0 fully saturated rings. The van der Waals surface area contributed by atoms with Crippen molar-refractivity contribution in [1.29, 1.82) is 0 Å². The Morgan fingerprint density at radius 1 is 0.433 bits per heavy atom. The molecule has 0 amide bonds. The second kappa shape index (κ2) is 27.1. The molecule has 2 heteroatoms. The fourth-order valence-corrected chi connectivity index (χ4v) is 5.00. The summed E-state index contributed by atoms with van der Waals surface area (Å²) in [4.78, 5) is 11.9. The molecule has 0 N–H and O–H groups in total. The van der Waals surface area contributed by atoms with Gasteiger partial charge in [0.15, 0.2) is 5.12 Å². The van der Waals surface area contributed by atoms with Gasteiger partial charge in [0.1, 0.15) is 0 Å². The van der Waals surface area contributed by atoms with Crippen LogP contribution in [0, 0.1) is 0 Å². The van der Waals surface area contributed by atoms with Crippen LogP contribution in [0.1, 0.15) is 168 Å². The van der Waals surface area contributed by atoms with Crippen molar-refractivity contribution in [3.05, 3.63) is 0 Å². The molecule has 0 aliphatic carbocycles. The van der Waals surface area contributed by atoms with Crippen molar-refractivity contribution in [2.45, 2.75) is 168 Å². The van der Waals surface area contributed by atoms with Gasteiger partial charge in [-0.3, -0.25) is 4.79 Å². The van der Waals surface area contributed by atoms with E-state index in [9.17, 15) is 4.79 Å². The third kappa shape index (κ3) is 26.1. The molecular weight excluding hydrogens is 384 g/mol. The van der Waals surface area contributed by atoms with Crippen LogP contribution in [0.25, 0.3) is 0 Å². The summed E-state index contributed by atoms with van der Waals surface area (Å²) in [6, 6.07) is 0. The third-order valence-corrected chi connectivity index (χ3v) is 7.26. The lowest BCUT2D eigenvalue weighted by Crippen LogP contribution is -1.94. The average Bonchev–Trinajstić information content (AvgIpc) is 2.75. The summed E-state index contributed by atoms with van der Waals surface area (Å²) < 4.78 is 0. The normalized spacial score (nSPS) is 11.3. The number of rotatable bonds is 25. The Hall–Kier alpha value is 0.0200. The number of hydrogen-bond acceptors (Lipinski definition) is 2. The number of thioether (sulfide) groups is 1. The first-order valence-electron chi connectivity index (χ1n) is 14.0. The van der Waals surface area contributed by atoms with Crippen molar-refractivity contribution in [3.8, 4) is 0 Å². The van der Waals surface area contributed by atoms with E-state index in [-0.39, 0.29) is 0 Å². The van der Waals surface area contributed by atoms with Gasteiger partial charge in [-0.25, -0.2) is 0 Å². The van der Waals surface area contributed by atoms with E-state index in [2.05, 4.69) is 13.8 Å². The van der Waals surface area contributed by atoms with Crippen LogP contribution in [-0.4, -0.2) is 10.9 Å². The minimum absolute atomic E-state index is 0.438. The van der Waals surface area contributed by atoms with Gasteiger partial charge in [0.2, 0.25) is 0 Å². The molecule has 0 aromatic heterocycles. The molecule has 0 bridgehead atoms. The van der Waals surface area contributed by atoms with Gasteiger partial charge in [-0.05, 0) is 12.8 Å². The Bertz CT molecular complexity index is 329. The summed E-state index contributed by atoms with van der Waals surface area (Å²) >= 11 is 1.60. The van der Waals surface area contributed by atoms with Crippen LogP contribution in [0.4, 0.5) is 0 Å². The average molecular weight is 441 g/mol. The first-order chi connectivity index (χ1) is 14.8. The van der Waals surface area contributed by atoms with Crippen molar-refractivity contribution < 1.29 is 4.79 Å². The number of carbonyl (C=O) groups excluding carboxylic acids is 1. The summed E-state index contributed by atoms with van der Waals surface area (Å²) in [7, 11) is 0. The van der Waals surface area contributed by atoms with E-state index in [1.165, 1.54) is 141 Å². The Balaban J connectivity index is 3.12. The molecule has 0 aromatic carbocycles. The summed E-state index contributed by atoms with van der Waals surface area (Å²) in [6.45, 7) is 4.56. The SMILES string of the molecule is CCCCCCCCCCCCCCCCCC(=O)SCCCCCCCCCC. The van der Waals surface area contributed by atoms with E-state index in [0.29, 0.717) is 5.12 Å². The maximum absolute atomic E-state index is 11.9. The lowest BCUT2D eigenvalue weighted by atomic mass is 10.0. The molecule has 0 aliphatic rings. The maximum Gasteiger partial charge on any atom is 0.188 e. The Morgan fingerprint density at radius 2 is 0.733 bits per heavy atom. The lowest BCUT2D eigenvalue weighted by Gasteiger charge is -2.04. The topological polar surface area (TPSA) is 17.1 Å². The van der Waals surface area contributed by atoms with Crippen LogP contribution >= 0.6 is 11.8 Å². The van der Waals surface area contributed by atoms with Crippen molar-refractivity contribution in [1.82, 2.24) is 0 Å². The largest absolute Gasteiger partial charge is 0.287 e. The second-order valence-corrected chi connectivity index (χ2v) is 10.5. The lowest BCUT2D eigenvalue weighted by molar-refractivity contribution is -0.111. The van der Waals surface area contributed by atoms with Gasteiger partial charge in [-0.2, -0.15) is 0 Å². The van der Waals surface area contributed by atoms with Crippen LogP contribution in [0.3, 0.4) is 0 Å². The maximum atomic E-state index is 11.9. The molecule has 0 rings (SSSR count). The van der Waals surface area contributed by atoms with Gasteiger partial charge in [0.25, 0.3) is 0 Å². The fourth-order valence-electron chi connectivity index (χ4n) is 4.13. The number of hydrogen-bond donors (Lipinski definition) is 0. The van der Waals surface area contributed by atoms with Gasteiger partial charge in [0.05, 0.1) is 0 Å². The molecule has 0 heterocycles. The Morgan fingerprint density at radius 3 is 1.10 bits per heavy atom. The summed E-state index contributed by atoms with van der Waals surface area (Å²) in [5.41, 5.74) is 0. The van der Waals surface area contributed by atoms with Crippen molar-refractivity contribution in [2.24, 2.45) is 0 Å². The summed E-state index contributed by atoms with van der Waals surface area (Å²) in [5.74, 6) is 1.05. The first-order valence-corrected chi connectivity index (χ1v) is 15.0.